The summed E-state index contributed by atoms with van der Waals surface area (Å²) in [6.45, 7) is 4.65. The van der Waals surface area contributed by atoms with E-state index < -0.39 is 12.0 Å². The van der Waals surface area contributed by atoms with E-state index in [0.29, 0.717) is 11.8 Å². The lowest BCUT2D eigenvalue weighted by Crippen LogP contribution is -2.56. The first-order valence-corrected chi connectivity index (χ1v) is 6.92. The molecule has 0 aromatic carbocycles. The third-order valence-corrected chi connectivity index (χ3v) is 4.41. The van der Waals surface area contributed by atoms with Gasteiger partial charge in [-0.2, -0.15) is 11.8 Å². The van der Waals surface area contributed by atoms with Gasteiger partial charge in [-0.1, -0.05) is 6.92 Å². The summed E-state index contributed by atoms with van der Waals surface area (Å²) in [5, 5.41) is 11.8. The standard InChI is InChI=1S/C11H20N2O4S/c1-7-8(2)18-5-4-13(7)11(16)12-9(6-17-3)10(14)15/h7-9H,4-6H2,1-3H3,(H,12,16)(H,14,15). The van der Waals surface area contributed by atoms with Gasteiger partial charge in [-0.3, -0.25) is 0 Å². The summed E-state index contributed by atoms with van der Waals surface area (Å²) in [7, 11) is 1.41. The van der Waals surface area contributed by atoms with E-state index in [9.17, 15) is 9.59 Å². The molecule has 0 aliphatic carbocycles. The SMILES string of the molecule is COCC(NC(=O)N1CCSC(C)C1C)C(=O)O. The van der Waals surface area contributed by atoms with Gasteiger partial charge in [-0.25, -0.2) is 9.59 Å². The molecular weight excluding hydrogens is 256 g/mol. The first-order chi connectivity index (χ1) is 8.47. The van der Waals surface area contributed by atoms with Gasteiger partial charge >= 0.3 is 12.0 Å². The molecule has 3 atom stereocenters. The van der Waals surface area contributed by atoms with E-state index in [1.807, 2.05) is 18.7 Å². The van der Waals surface area contributed by atoms with E-state index in [2.05, 4.69) is 12.2 Å². The molecule has 1 aliphatic rings. The summed E-state index contributed by atoms with van der Waals surface area (Å²) in [5.74, 6) is -0.210. The zero-order valence-corrected chi connectivity index (χ0v) is 11.7. The minimum Gasteiger partial charge on any atom is -0.480 e. The van der Waals surface area contributed by atoms with Gasteiger partial charge < -0.3 is 20.1 Å². The molecule has 6 nitrogen and oxygen atoms in total. The molecule has 2 amide bonds. The minimum absolute atomic E-state index is 0.0341. The smallest absolute Gasteiger partial charge is 0.328 e. The molecule has 1 heterocycles. The molecule has 0 aromatic rings. The van der Waals surface area contributed by atoms with Crippen LogP contribution in [0.15, 0.2) is 0 Å². The Bertz CT molecular complexity index is 313. The van der Waals surface area contributed by atoms with Crippen LogP contribution < -0.4 is 5.32 Å². The second kappa shape index (κ2) is 6.84. The van der Waals surface area contributed by atoms with Crippen LogP contribution in [0.4, 0.5) is 4.79 Å². The Morgan fingerprint density at radius 2 is 2.22 bits per heavy atom. The van der Waals surface area contributed by atoms with E-state index in [4.69, 9.17) is 9.84 Å². The zero-order valence-electron chi connectivity index (χ0n) is 10.9. The highest BCUT2D eigenvalue weighted by Crippen LogP contribution is 2.24. The number of aliphatic carboxylic acids is 1. The van der Waals surface area contributed by atoms with E-state index in [-0.39, 0.29) is 18.7 Å². The summed E-state index contributed by atoms with van der Waals surface area (Å²) in [6.07, 6.45) is 0. The maximum absolute atomic E-state index is 12.0. The molecule has 104 valence electrons. The van der Waals surface area contributed by atoms with E-state index in [1.165, 1.54) is 7.11 Å². The van der Waals surface area contributed by atoms with Crippen LogP contribution in [0.2, 0.25) is 0 Å². The van der Waals surface area contributed by atoms with Crippen molar-refractivity contribution in [3.8, 4) is 0 Å². The number of amides is 2. The fraction of sp³-hybridized carbons (Fsp3) is 0.818. The average molecular weight is 276 g/mol. The van der Waals surface area contributed by atoms with Crippen LogP contribution in [-0.4, -0.2) is 65.4 Å². The molecule has 0 aromatic heterocycles. The normalized spacial score (nSPS) is 25.6. The molecule has 1 saturated heterocycles. The van der Waals surface area contributed by atoms with Crippen molar-refractivity contribution >= 4 is 23.8 Å². The number of ether oxygens (including phenoxy) is 1. The lowest BCUT2D eigenvalue weighted by atomic mass is 10.2. The number of rotatable bonds is 4. The molecule has 2 N–H and O–H groups in total. The van der Waals surface area contributed by atoms with Gasteiger partial charge in [0.1, 0.15) is 0 Å². The summed E-state index contributed by atoms with van der Waals surface area (Å²) < 4.78 is 4.78. The van der Waals surface area contributed by atoms with Crippen LogP contribution in [-0.2, 0) is 9.53 Å². The van der Waals surface area contributed by atoms with Crippen LogP contribution in [0.1, 0.15) is 13.8 Å². The Labute approximate surface area is 111 Å². The first-order valence-electron chi connectivity index (χ1n) is 5.87. The minimum atomic E-state index is -1.09. The molecule has 1 fully saturated rings. The molecule has 0 bridgehead atoms. The number of urea groups is 1. The van der Waals surface area contributed by atoms with Crippen molar-refractivity contribution < 1.29 is 19.4 Å². The Hall–Kier alpha value is -0.950. The quantitative estimate of drug-likeness (QED) is 0.787. The zero-order chi connectivity index (χ0) is 13.7. The predicted molar refractivity (Wildman–Crippen MR) is 69.9 cm³/mol. The number of carbonyl (C=O) groups excluding carboxylic acids is 1. The van der Waals surface area contributed by atoms with Crippen molar-refractivity contribution in [2.45, 2.75) is 31.2 Å². The number of methoxy groups -OCH3 is 1. The fourth-order valence-electron chi connectivity index (χ4n) is 1.79. The molecule has 1 aliphatic heterocycles. The van der Waals surface area contributed by atoms with Crippen LogP contribution in [0.3, 0.4) is 0 Å². The first kappa shape index (κ1) is 15.1. The van der Waals surface area contributed by atoms with E-state index >= 15 is 0 Å². The van der Waals surface area contributed by atoms with Gasteiger partial charge in [-0.05, 0) is 6.92 Å². The highest BCUT2D eigenvalue weighted by Gasteiger charge is 2.31. The summed E-state index contributed by atoms with van der Waals surface area (Å²) >= 11 is 1.82. The fourth-order valence-corrected chi connectivity index (χ4v) is 2.89. The topological polar surface area (TPSA) is 78.9 Å². The van der Waals surface area contributed by atoms with Crippen molar-refractivity contribution in [2.75, 3.05) is 26.0 Å². The van der Waals surface area contributed by atoms with E-state index in [0.717, 1.165) is 5.75 Å². The Balaban J connectivity index is 2.60. The number of carbonyl (C=O) groups is 2. The summed E-state index contributed by atoms with van der Waals surface area (Å²) in [5.41, 5.74) is 0. The second-order valence-electron chi connectivity index (χ2n) is 4.31. The maximum atomic E-state index is 12.0. The second-order valence-corrected chi connectivity index (χ2v) is 5.79. The molecular formula is C11H20N2O4S. The average Bonchev–Trinajstić information content (AvgIpc) is 2.31. The number of nitrogens with zero attached hydrogens (tertiary/aromatic N) is 1. The Kier molecular flexibility index (Phi) is 5.74. The number of hydrogen-bond donors (Lipinski definition) is 2. The van der Waals surface area contributed by atoms with Gasteiger partial charge in [0, 0.05) is 30.7 Å². The lowest BCUT2D eigenvalue weighted by molar-refractivity contribution is -0.140. The number of carboxylic acid groups (broad SMARTS) is 1. The van der Waals surface area contributed by atoms with Gasteiger partial charge in [0.25, 0.3) is 0 Å². The highest BCUT2D eigenvalue weighted by atomic mass is 32.2. The van der Waals surface area contributed by atoms with Crippen LogP contribution >= 0.6 is 11.8 Å². The van der Waals surface area contributed by atoms with Crippen molar-refractivity contribution in [1.82, 2.24) is 10.2 Å². The van der Waals surface area contributed by atoms with Crippen molar-refractivity contribution in [3.05, 3.63) is 0 Å². The van der Waals surface area contributed by atoms with Crippen LogP contribution in [0.5, 0.6) is 0 Å². The van der Waals surface area contributed by atoms with Gasteiger partial charge in [0.15, 0.2) is 6.04 Å². The van der Waals surface area contributed by atoms with Crippen molar-refractivity contribution in [1.29, 1.82) is 0 Å². The number of carboxylic acids is 1. The van der Waals surface area contributed by atoms with Crippen LogP contribution in [0.25, 0.3) is 0 Å². The monoisotopic (exact) mass is 276 g/mol. The maximum Gasteiger partial charge on any atom is 0.328 e. The third kappa shape index (κ3) is 3.78. The van der Waals surface area contributed by atoms with Crippen molar-refractivity contribution in [2.24, 2.45) is 0 Å². The van der Waals surface area contributed by atoms with Crippen LogP contribution in [0, 0.1) is 0 Å². The molecule has 18 heavy (non-hydrogen) atoms. The van der Waals surface area contributed by atoms with Gasteiger partial charge in [0.2, 0.25) is 0 Å². The highest BCUT2D eigenvalue weighted by molar-refractivity contribution is 8.00. The molecule has 0 saturated carbocycles. The largest absolute Gasteiger partial charge is 0.480 e. The Morgan fingerprint density at radius 3 is 2.78 bits per heavy atom. The van der Waals surface area contributed by atoms with Gasteiger partial charge in [-0.15, -0.1) is 0 Å². The van der Waals surface area contributed by atoms with Gasteiger partial charge in [0.05, 0.1) is 6.61 Å². The number of hydrogen-bond acceptors (Lipinski definition) is 4. The summed E-state index contributed by atoms with van der Waals surface area (Å²) in [4.78, 5) is 24.7. The molecule has 0 spiro atoms. The lowest BCUT2D eigenvalue weighted by Gasteiger charge is -2.37. The number of nitrogens with one attached hydrogen (secondary N) is 1. The van der Waals surface area contributed by atoms with Crippen molar-refractivity contribution in [3.63, 3.8) is 0 Å². The predicted octanol–water partition coefficient (Wildman–Crippen LogP) is 0.621. The Morgan fingerprint density at radius 1 is 1.56 bits per heavy atom. The molecule has 1 rings (SSSR count). The number of thioether (sulfide) groups is 1. The molecule has 7 heteroatoms. The molecule has 0 radical (unpaired) electrons. The van der Waals surface area contributed by atoms with E-state index in [1.54, 1.807) is 4.90 Å². The molecule has 3 unspecified atom stereocenters. The summed E-state index contributed by atoms with van der Waals surface area (Å²) in [6, 6.07) is -1.24. The third-order valence-electron chi connectivity index (χ3n) is 3.07.